The van der Waals surface area contributed by atoms with Crippen LogP contribution in [0.5, 0.6) is 5.75 Å². The van der Waals surface area contributed by atoms with Crippen LogP contribution in [0.4, 0.5) is 0 Å². The molecule has 2 atom stereocenters. The Kier molecular flexibility index (Phi) is 8.66. The first kappa shape index (κ1) is 19.5. The minimum Gasteiger partial charge on any atom is -0.497 e. The van der Waals surface area contributed by atoms with E-state index in [9.17, 15) is 4.79 Å². The molecule has 0 aliphatic carbocycles. The molecule has 1 aromatic rings. The molecular formula is C18H29NO4. The van der Waals surface area contributed by atoms with Gasteiger partial charge in [-0.15, -0.1) is 0 Å². The molecule has 0 bridgehead atoms. The lowest BCUT2D eigenvalue weighted by atomic mass is 10.1. The first-order chi connectivity index (χ1) is 11.0. The summed E-state index contributed by atoms with van der Waals surface area (Å²) >= 11 is 0. The first-order valence-corrected chi connectivity index (χ1v) is 8.08. The maximum atomic E-state index is 12.4. The predicted octanol–water partition coefficient (Wildman–Crippen LogP) is 2.53. The van der Waals surface area contributed by atoms with Crippen molar-refractivity contribution in [3.05, 3.63) is 29.8 Å². The van der Waals surface area contributed by atoms with Gasteiger partial charge in [0.2, 0.25) is 0 Å². The molecule has 1 rings (SSSR count). The number of amides is 1. The Hall–Kier alpha value is -1.59. The summed E-state index contributed by atoms with van der Waals surface area (Å²) in [4.78, 5) is 14.1. The Morgan fingerprint density at radius 1 is 1.17 bits per heavy atom. The Morgan fingerprint density at radius 2 is 1.83 bits per heavy atom. The molecule has 5 nitrogen and oxygen atoms in total. The number of methoxy groups -OCH3 is 1. The van der Waals surface area contributed by atoms with Gasteiger partial charge in [0.05, 0.1) is 20.3 Å². The van der Waals surface area contributed by atoms with E-state index in [4.69, 9.17) is 14.2 Å². The number of ether oxygens (including phenoxy) is 3. The maximum Gasteiger partial charge on any atom is 0.251 e. The van der Waals surface area contributed by atoms with Crippen molar-refractivity contribution in [1.29, 1.82) is 0 Å². The molecule has 0 spiro atoms. The second kappa shape index (κ2) is 10.2. The summed E-state index contributed by atoms with van der Waals surface area (Å²) in [6, 6.07) is 8.01. The molecule has 130 valence electrons. The number of hydrogen-bond acceptors (Lipinski definition) is 4. The Labute approximate surface area is 139 Å². The van der Waals surface area contributed by atoms with Crippen LogP contribution in [0.2, 0.25) is 0 Å². The molecule has 5 heteroatoms. The number of nitrogens with zero attached hydrogens (tertiary/aromatic N) is 1. The lowest BCUT2D eigenvalue weighted by Gasteiger charge is -2.28. The number of hydrogen-bond donors (Lipinski definition) is 0. The van der Waals surface area contributed by atoms with Gasteiger partial charge in [-0.25, -0.2) is 0 Å². The van der Waals surface area contributed by atoms with Crippen LogP contribution in [0.25, 0.3) is 0 Å². The summed E-state index contributed by atoms with van der Waals surface area (Å²) in [6.45, 7) is 7.36. The quantitative estimate of drug-likeness (QED) is 0.621. The summed E-state index contributed by atoms with van der Waals surface area (Å²) < 4.78 is 15.9. The van der Waals surface area contributed by atoms with Crippen LogP contribution in [0.15, 0.2) is 24.3 Å². The van der Waals surface area contributed by atoms with Crippen molar-refractivity contribution in [2.75, 3.05) is 34.0 Å². The average Bonchev–Trinajstić information content (AvgIpc) is 2.57. The highest BCUT2D eigenvalue weighted by Crippen LogP contribution is 2.14. The molecule has 1 aromatic carbocycles. The molecule has 0 aromatic heterocycles. The third kappa shape index (κ3) is 6.59. The zero-order valence-corrected chi connectivity index (χ0v) is 14.9. The van der Waals surface area contributed by atoms with Gasteiger partial charge in [0.25, 0.3) is 5.91 Å². The Morgan fingerprint density at radius 3 is 2.39 bits per heavy atom. The summed E-state index contributed by atoms with van der Waals surface area (Å²) in [5, 5.41) is 0. The Bertz CT molecular complexity index is 461. The summed E-state index contributed by atoms with van der Waals surface area (Å²) in [5.41, 5.74) is 1.17. The molecule has 0 unspecified atom stereocenters. The highest BCUT2D eigenvalue weighted by molar-refractivity contribution is 5.80. The second-order valence-corrected chi connectivity index (χ2v) is 5.56. The van der Waals surface area contributed by atoms with Gasteiger partial charge >= 0.3 is 0 Å². The van der Waals surface area contributed by atoms with E-state index in [0.29, 0.717) is 19.8 Å². The van der Waals surface area contributed by atoms with Crippen molar-refractivity contribution >= 4 is 5.91 Å². The van der Waals surface area contributed by atoms with E-state index in [1.165, 1.54) is 5.56 Å². The van der Waals surface area contributed by atoms with Crippen LogP contribution < -0.4 is 4.74 Å². The van der Waals surface area contributed by atoms with Crippen molar-refractivity contribution in [1.82, 2.24) is 4.90 Å². The van der Waals surface area contributed by atoms with Crippen molar-refractivity contribution in [3.8, 4) is 5.75 Å². The van der Waals surface area contributed by atoms with Gasteiger partial charge in [-0.1, -0.05) is 12.1 Å². The van der Waals surface area contributed by atoms with Crippen LogP contribution in [-0.2, 0) is 20.7 Å². The molecular weight excluding hydrogens is 294 g/mol. The van der Waals surface area contributed by atoms with E-state index in [2.05, 4.69) is 0 Å². The molecule has 0 fully saturated rings. The smallest absolute Gasteiger partial charge is 0.251 e. The molecule has 23 heavy (non-hydrogen) atoms. The molecule has 0 radical (unpaired) electrons. The minimum atomic E-state index is -0.459. The molecule has 0 heterocycles. The predicted molar refractivity (Wildman–Crippen MR) is 90.8 cm³/mol. The van der Waals surface area contributed by atoms with E-state index in [1.807, 2.05) is 45.2 Å². The van der Waals surface area contributed by atoms with Crippen molar-refractivity contribution < 1.29 is 19.0 Å². The van der Waals surface area contributed by atoms with Crippen molar-refractivity contribution in [3.63, 3.8) is 0 Å². The maximum absolute atomic E-state index is 12.4. The second-order valence-electron chi connectivity index (χ2n) is 5.56. The molecule has 1 amide bonds. The van der Waals surface area contributed by atoms with Crippen molar-refractivity contribution in [2.24, 2.45) is 0 Å². The number of carbonyl (C=O) groups is 1. The van der Waals surface area contributed by atoms with Crippen molar-refractivity contribution in [2.45, 2.75) is 39.3 Å². The normalized spacial score (nSPS) is 13.4. The van der Waals surface area contributed by atoms with Gasteiger partial charge in [0.15, 0.2) is 0 Å². The summed E-state index contributed by atoms with van der Waals surface area (Å²) in [7, 11) is 3.47. The van der Waals surface area contributed by atoms with Gasteiger partial charge in [-0.2, -0.15) is 0 Å². The zero-order valence-electron chi connectivity index (χ0n) is 14.9. The molecule has 0 saturated heterocycles. The molecule has 0 aliphatic rings. The van der Waals surface area contributed by atoms with Crippen LogP contribution in [0.3, 0.4) is 0 Å². The molecule has 0 saturated carbocycles. The highest BCUT2D eigenvalue weighted by atomic mass is 16.5. The van der Waals surface area contributed by atoms with Gasteiger partial charge in [0, 0.05) is 19.7 Å². The third-order valence-electron chi connectivity index (χ3n) is 3.85. The molecule has 0 aliphatic heterocycles. The lowest BCUT2D eigenvalue weighted by molar-refractivity contribution is -0.144. The number of benzene rings is 1. The Balaban J connectivity index is 2.46. The largest absolute Gasteiger partial charge is 0.497 e. The van der Waals surface area contributed by atoms with Crippen LogP contribution >= 0.6 is 0 Å². The fourth-order valence-electron chi connectivity index (χ4n) is 2.24. The number of carbonyl (C=O) groups excluding carboxylic acids is 1. The SMILES string of the molecule is CCOCCO[C@@H](C)C(=O)N(C)[C@@H](C)Cc1ccc(OC)cc1. The van der Waals surface area contributed by atoms with E-state index >= 15 is 0 Å². The van der Waals surface area contributed by atoms with E-state index < -0.39 is 6.10 Å². The van der Waals surface area contributed by atoms with E-state index in [0.717, 1.165) is 12.2 Å². The van der Waals surface area contributed by atoms with Gasteiger partial charge in [-0.05, 0) is 44.9 Å². The minimum absolute atomic E-state index is 0.0116. The van der Waals surface area contributed by atoms with Gasteiger partial charge in [0.1, 0.15) is 11.9 Å². The topological polar surface area (TPSA) is 48.0 Å². The number of rotatable bonds is 10. The number of likely N-dealkylation sites (N-methyl/N-ethyl adjacent to an activating group) is 1. The average molecular weight is 323 g/mol. The monoisotopic (exact) mass is 323 g/mol. The highest BCUT2D eigenvalue weighted by Gasteiger charge is 2.22. The standard InChI is InChI=1S/C18H29NO4/c1-6-22-11-12-23-15(3)18(20)19(4)14(2)13-16-7-9-17(21-5)10-8-16/h7-10,14-15H,6,11-13H2,1-5H3/t14-,15-/m0/s1. The third-order valence-corrected chi connectivity index (χ3v) is 3.85. The summed E-state index contributed by atoms with van der Waals surface area (Å²) in [6.07, 6.45) is 0.330. The van der Waals surface area contributed by atoms with E-state index in [-0.39, 0.29) is 11.9 Å². The fourth-order valence-corrected chi connectivity index (χ4v) is 2.24. The van der Waals surface area contributed by atoms with Crippen LogP contribution in [0, 0.1) is 0 Å². The summed E-state index contributed by atoms with van der Waals surface area (Å²) in [5.74, 6) is 0.824. The fraction of sp³-hybridized carbons (Fsp3) is 0.611. The first-order valence-electron chi connectivity index (χ1n) is 8.08. The lowest BCUT2D eigenvalue weighted by Crippen LogP contribution is -2.42. The zero-order chi connectivity index (χ0) is 17.2. The van der Waals surface area contributed by atoms with E-state index in [1.54, 1.807) is 18.9 Å². The van der Waals surface area contributed by atoms with Crippen LogP contribution in [-0.4, -0.2) is 56.9 Å². The van der Waals surface area contributed by atoms with Crippen LogP contribution in [0.1, 0.15) is 26.3 Å². The van der Waals surface area contributed by atoms with Gasteiger partial charge < -0.3 is 19.1 Å². The van der Waals surface area contributed by atoms with Gasteiger partial charge in [-0.3, -0.25) is 4.79 Å². The molecule has 0 N–H and O–H groups in total.